The smallest absolute Gasteiger partial charge is 0.240 e. The van der Waals surface area contributed by atoms with Crippen molar-refractivity contribution in [2.24, 2.45) is 0 Å². The second-order valence-electron chi connectivity index (χ2n) is 7.73. The van der Waals surface area contributed by atoms with Crippen LogP contribution in [0.2, 0.25) is 5.02 Å². The molecular weight excluding hydrogens is 449 g/mol. The quantitative estimate of drug-likeness (QED) is 0.555. The lowest BCUT2D eigenvalue weighted by molar-refractivity contribution is 0.187. The number of nitrogens with zero attached hydrogens (tertiary/aromatic N) is 2. The van der Waals surface area contributed by atoms with Crippen molar-refractivity contribution >= 4 is 27.3 Å². The largest absolute Gasteiger partial charge is 0.369 e. The van der Waals surface area contributed by atoms with Crippen LogP contribution in [0.25, 0.3) is 0 Å². The maximum atomic E-state index is 13.2. The van der Waals surface area contributed by atoms with Gasteiger partial charge in [0.05, 0.1) is 4.90 Å². The van der Waals surface area contributed by atoms with Gasteiger partial charge in [0.2, 0.25) is 10.0 Å². The molecule has 168 valence electrons. The average Bonchev–Trinajstić information content (AvgIpc) is 2.81. The summed E-state index contributed by atoms with van der Waals surface area (Å²) in [6.45, 7) is 3.34. The molecule has 1 saturated heterocycles. The first-order valence-corrected chi connectivity index (χ1v) is 12.3. The molecule has 1 N–H and O–H groups in total. The zero-order valence-corrected chi connectivity index (χ0v) is 19.1. The normalized spacial score (nSPS) is 16.1. The van der Waals surface area contributed by atoms with E-state index in [0.717, 1.165) is 37.4 Å². The van der Waals surface area contributed by atoms with E-state index in [-0.39, 0.29) is 23.3 Å². The molecule has 1 fully saturated rings. The fourth-order valence-electron chi connectivity index (χ4n) is 3.96. The number of hydrogen-bond acceptors (Lipinski definition) is 4. The number of rotatable bonds is 7. The van der Waals surface area contributed by atoms with Crippen LogP contribution < -0.4 is 9.62 Å². The Morgan fingerprint density at radius 3 is 2.12 bits per heavy atom. The van der Waals surface area contributed by atoms with Gasteiger partial charge in [-0.2, -0.15) is 0 Å². The van der Waals surface area contributed by atoms with E-state index in [9.17, 15) is 12.8 Å². The molecule has 1 aliphatic rings. The summed E-state index contributed by atoms with van der Waals surface area (Å²) in [4.78, 5) is 4.70. The first-order chi connectivity index (χ1) is 15.4. The van der Waals surface area contributed by atoms with Crippen molar-refractivity contribution in [1.29, 1.82) is 0 Å². The predicted octanol–water partition coefficient (Wildman–Crippen LogP) is 4.32. The van der Waals surface area contributed by atoms with E-state index in [0.29, 0.717) is 5.02 Å². The van der Waals surface area contributed by atoms with Crippen molar-refractivity contribution in [2.75, 3.05) is 37.6 Å². The second kappa shape index (κ2) is 10.0. The van der Waals surface area contributed by atoms with Gasteiger partial charge >= 0.3 is 0 Å². The first kappa shape index (κ1) is 22.7. The van der Waals surface area contributed by atoms with E-state index in [2.05, 4.69) is 14.5 Å². The second-order valence-corrected chi connectivity index (χ2v) is 9.94. The van der Waals surface area contributed by atoms with Gasteiger partial charge in [-0.1, -0.05) is 41.9 Å². The van der Waals surface area contributed by atoms with Gasteiger partial charge in [-0.3, -0.25) is 4.90 Å². The Labute approximate surface area is 193 Å². The summed E-state index contributed by atoms with van der Waals surface area (Å²) in [7, 11) is -3.66. The summed E-state index contributed by atoms with van der Waals surface area (Å²) in [6, 6.07) is 22.5. The van der Waals surface area contributed by atoms with Gasteiger partial charge in [-0.15, -0.1) is 0 Å². The minimum Gasteiger partial charge on any atom is -0.369 e. The minimum atomic E-state index is -3.66. The molecule has 0 unspecified atom stereocenters. The summed E-state index contributed by atoms with van der Waals surface area (Å²) in [5, 5.41) is 0.491. The maximum Gasteiger partial charge on any atom is 0.240 e. The highest BCUT2D eigenvalue weighted by molar-refractivity contribution is 7.89. The SMILES string of the molecule is O=S(=O)(NC[C@H](c1ccccc1)N1CCN(c2ccc(F)cc2)CC1)c1ccc(Cl)cc1. The van der Waals surface area contributed by atoms with Crippen LogP contribution in [0, 0.1) is 5.82 Å². The minimum absolute atomic E-state index is 0.103. The van der Waals surface area contributed by atoms with E-state index in [1.165, 1.54) is 24.3 Å². The van der Waals surface area contributed by atoms with Gasteiger partial charge in [0.1, 0.15) is 5.82 Å². The van der Waals surface area contributed by atoms with Gasteiger partial charge in [0, 0.05) is 49.5 Å². The fraction of sp³-hybridized carbons (Fsp3) is 0.250. The third-order valence-electron chi connectivity index (χ3n) is 5.72. The molecule has 0 bridgehead atoms. The molecule has 0 saturated carbocycles. The highest BCUT2D eigenvalue weighted by Crippen LogP contribution is 2.25. The predicted molar refractivity (Wildman–Crippen MR) is 126 cm³/mol. The highest BCUT2D eigenvalue weighted by Gasteiger charge is 2.27. The van der Waals surface area contributed by atoms with E-state index in [1.807, 2.05) is 30.3 Å². The lowest BCUT2D eigenvalue weighted by Gasteiger charge is -2.40. The van der Waals surface area contributed by atoms with E-state index in [4.69, 9.17) is 11.6 Å². The van der Waals surface area contributed by atoms with Gasteiger partial charge in [0.25, 0.3) is 0 Å². The number of halogens is 2. The van der Waals surface area contributed by atoms with E-state index in [1.54, 1.807) is 24.3 Å². The zero-order valence-electron chi connectivity index (χ0n) is 17.5. The van der Waals surface area contributed by atoms with Crippen LogP contribution in [0.3, 0.4) is 0 Å². The fourth-order valence-corrected chi connectivity index (χ4v) is 5.13. The van der Waals surface area contributed by atoms with E-state index >= 15 is 0 Å². The number of anilines is 1. The summed E-state index contributed by atoms with van der Waals surface area (Å²) < 4.78 is 41.6. The molecule has 0 aliphatic carbocycles. The monoisotopic (exact) mass is 473 g/mol. The van der Waals surface area contributed by atoms with Crippen LogP contribution in [0.4, 0.5) is 10.1 Å². The Morgan fingerprint density at radius 2 is 1.50 bits per heavy atom. The zero-order chi connectivity index (χ0) is 22.6. The molecule has 3 aromatic carbocycles. The number of nitrogens with one attached hydrogen (secondary N) is 1. The average molecular weight is 474 g/mol. The van der Waals surface area contributed by atoms with Crippen LogP contribution in [0.5, 0.6) is 0 Å². The summed E-state index contributed by atoms with van der Waals surface area (Å²) in [6.07, 6.45) is 0. The molecule has 32 heavy (non-hydrogen) atoms. The van der Waals surface area contributed by atoms with Crippen molar-refractivity contribution in [3.8, 4) is 0 Å². The Hall–Kier alpha value is -2.45. The Morgan fingerprint density at radius 1 is 0.875 bits per heavy atom. The molecule has 0 radical (unpaired) electrons. The molecule has 5 nitrogen and oxygen atoms in total. The van der Waals surface area contributed by atoms with Crippen molar-refractivity contribution in [3.05, 3.63) is 95.3 Å². The highest BCUT2D eigenvalue weighted by atomic mass is 35.5. The van der Waals surface area contributed by atoms with Crippen LogP contribution >= 0.6 is 11.6 Å². The number of sulfonamides is 1. The number of benzene rings is 3. The van der Waals surface area contributed by atoms with Gasteiger partial charge in [-0.25, -0.2) is 17.5 Å². The van der Waals surface area contributed by atoms with Crippen molar-refractivity contribution in [1.82, 2.24) is 9.62 Å². The van der Waals surface area contributed by atoms with Crippen molar-refractivity contribution in [3.63, 3.8) is 0 Å². The van der Waals surface area contributed by atoms with Crippen molar-refractivity contribution < 1.29 is 12.8 Å². The molecular formula is C24H25ClFN3O2S. The van der Waals surface area contributed by atoms with Crippen molar-refractivity contribution in [2.45, 2.75) is 10.9 Å². The van der Waals surface area contributed by atoms with Gasteiger partial charge in [0.15, 0.2) is 0 Å². The number of hydrogen-bond donors (Lipinski definition) is 1. The standard InChI is InChI=1S/C24H25ClFN3O2S/c25-20-6-12-23(13-7-20)32(30,31)27-18-24(19-4-2-1-3-5-19)29-16-14-28(15-17-29)22-10-8-21(26)9-11-22/h1-13,24,27H,14-18H2/t24-/m1/s1. The van der Waals surface area contributed by atoms with Crippen LogP contribution in [0.15, 0.2) is 83.8 Å². The Kier molecular flexibility index (Phi) is 7.10. The molecule has 1 aliphatic heterocycles. The molecule has 0 amide bonds. The van der Waals surface area contributed by atoms with Crippen LogP contribution in [-0.2, 0) is 10.0 Å². The molecule has 4 rings (SSSR count). The Bertz CT molecular complexity index is 1120. The third kappa shape index (κ3) is 5.48. The molecule has 1 atom stereocenters. The molecule has 1 heterocycles. The Balaban J connectivity index is 1.47. The summed E-state index contributed by atoms with van der Waals surface area (Å²) in [5.41, 5.74) is 2.05. The van der Waals surface area contributed by atoms with E-state index < -0.39 is 10.0 Å². The summed E-state index contributed by atoms with van der Waals surface area (Å²) in [5.74, 6) is -0.246. The van der Waals surface area contributed by atoms with Crippen LogP contribution in [0.1, 0.15) is 11.6 Å². The molecule has 0 spiro atoms. The van der Waals surface area contributed by atoms with Gasteiger partial charge in [-0.05, 0) is 54.1 Å². The topological polar surface area (TPSA) is 52.7 Å². The first-order valence-electron chi connectivity index (χ1n) is 10.5. The molecule has 0 aromatic heterocycles. The third-order valence-corrected chi connectivity index (χ3v) is 7.41. The lowest BCUT2D eigenvalue weighted by Crippen LogP contribution is -2.49. The molecule has 8 heteroatoms. The lowest BCUT2D eigenvalue weighted by atomic mass is 10.0. The molecule has 3 aromatic rings. The van der Waals surface area contributed by atoms with Gasteiger partial charge < -0.3 is 4.90 Å². The number of piperazine rings is 1. The van der Waals surface area contributed by atoms with Crippen LogP contribution in [-0.4, -0.2) is 46.0 Å². The summed E-state index contributed by atoms with van der Waals surface area (Å²) >= 11 is 5.89. The maximum absolute atomic E-state index is 13.2.